The summed E-state index contributed by atoms with van der Waals surface area (Å²) in [5.74, 6) is 1.08. The largest absolute Gasteiger partial charge is 0.343 e. The first-order chi connectivity index (χ1) is 10.3. The first-order valence-corrected chi connectivity index (χ1v) is 8.48. The third-order valence-corrected chi connectivity index (χ3v) is 4.46. The minimum Gasteiger partial charge on any atom is -0.343 e. The van der Waals surface area contributed by atoms with Crippen LogP contribution in [-0.4, -0.2) is 9.97 Å². The van der Waals surface area contributed by atoms with Gasteiger partial charge in [-0.2, -0.15) is 0 Å². The molecule has 0 unspecified atom stereocenters. The zero-order valence-electron chi connectivity index (χ0n) is 12.4. The summed E-state index contributed by atoms with van der Waals surface area (Å²) in [6.45, 7) is 3.73. The van der Waals surface area contributed by atoms with Crippen LogP contribution in [0.4, 0.5) is 0 Å². The Morgan fingerprint density at radius 1 is 1.05 bits per heavy atom. The summed E-state index contributed by atoms with van der Waals surface area (Å²) in [7, 11) is 0. The topological polar surface area (TPSA) is 28.7 Å². The number of hydrogen-bond donors (Lipinski definition) is 1. The number of aromatic amines is 1. The molecule has 0 spiro atoms. The Kier molecular flexibility index (Phi) is 6.74. The molecule has 112 valence electrons. The lowest BCUT2D eigenvalue weighted by Gasteiger charge is -2.04. The Morgan fingerprint density at radius 2 is 1.76 bits per heavy atom. The lowest BCUT2D eigenvalue weighted by Crippen LogP contribution is -1.90. The van der Waals surface area contributed by atoms with E-state index in [4.69, 9.17) is 0 Å². The number of imidazole rings is 1. The van der Waals surface area contributed by atoms with Crippen molar-refractivity contribution in [2.45, 2.75) is 44.9 Å². The molecule has 0 fully saturated rings. The fraction of sp³-hybridized carbons (Fsp3) is 0.389. The van der Waals surface area contributed by atoms with Gasteiger partial charge in [0.15, 0.2) is 0 Å². The Labute approximate surface area is 135 Å². The lowest BCUT2D eigenvalue weighted by atomic mass is 10.0. The maximum absolute atomic E-state index is 4.34. The predicted octanol–water partition coefficient (Wildman–Crippen LogP) is 5.55. The normalized spacial score (nSPS) is 10.7. The van der Waals surface area contributed by atoms with Gasteiger partial charge in [-0.05, 0) is 37.0 Å². The summed E-state index contributed by atoms with van der Waals surface area (Å²) in [4.78, 5) is 7.60. The molecule has 0 aliphatic heterocycles. The number of H-pyrrole nitrogens is 1. The highest BCUT2D eigenvalue weighted by Crippen LogP contribution is 2.18. The molecule has 0 radical (unpaired) electrons. The third-order valence-electron chi connectivity index (χ3n) is 3.69. The molecule has 2 aromatic rings. The van der Waals surface area contributed by atoms with E-state index in [1.165, 1.54) is 48.6 Å². The molecule has 0 saturated heterocycles. The van der Waals surface area contributed by atoms with Gasteiger partial charge < -0.3 is 4.98 Å². The highest BCUT2D eigenvalue weighted by Gasteiger charge is 2.00. The summed E-state index contributed by atoms with van der Waals surface area (Å²) < 4.78 is 1.24. The van der Waals surface area contributed by atoms with Gasteiger partial charge in [-0.3, -0.25) is 0 Å². The molecule has 1 heterocycles. The van der Waals surface area contributed by atoms with E-state index in [0.717, 1.165) is 17.9 Å². The Balaban J connectivity index is 1.54. The minimum absolute atomic E-state index is 1.01. The van der Waals surface area contributed by atoms with Gasteiger partial charge in [-0.1, -0.05) is 60.0 Å². The molecule has 0 amide bonds. The summed E-state index contributed by atoms with van der Waals surface area (Å²) >= 11 is 3.61. The highest BCUT2D eigenvalue weighted by molar-refractivity contribution is 9.10. The van der Waals surface area contributed by atoms with Gasteiger partial charge >= 0.3 is 0 Å². The van der Waals surface area contributed by atoms with Crippen LogP contribution in [0.5, 0.6) is 0 Å². The van der Waals surface area contributed by atoms with Crippen molar-refractivity contribution in [3.8, 4) is 0 Å². The van der Waals surface area contributed by atoms with Gasteiger partial charge in [0.2, 0.25) is 0 Å². The van der Waals surface area contributed by atoms with Crippen LogP contribution in [0, 0.1) is 0 Å². The van der Waals surface area contributed by atoms with Crippen LogP contribution in [0.15, 0.2) is 41.5 Å². The lowest BCUT2D eigenvalue weighted by molar-refractivity contribution is 0.607. The van der Waals surface area contributed by atoms with E-state index in [9.17, 15) is 0 Å². The summed E-state index contributed by atoms with van der Waals surface area (Å²) in [6, 6.07) is 8.51. The molecule has 1 aromatic heterocycles. The number of nitrogens with one attached hydrogen (secondary N) is 1. The van der Waals surface area contributed by atoms with E-state index in [-0.39, 0.29) is 0 Å². The first kappa shape index (κ1) is 16.0. The van der Waals surface area contributed by atoms with Crippen molar-refractivity contribution >= 4 is 22.0 Å². The number of nitrogens with zero attached hydrogens (tertiary/aromatic N) is 1. The van der Waals surface area contributed by atoms with Gasteiger partial charge in [0.1, 0.15) is 5.82 Å². The van der Waals surface area contributed by atoms with Crippen LogP contribution < -0.4 is 0 Å². The first-order valence-electron chi connectivity index (χ1n) is 7.69. The summed E-state index contributed by atoms with van der Waals surface area (Å²) in [5, 5.41) is 0. The average molecular weight is 347 g/mol. The number of halogens is 1. The Hall–Kier alpha value is -1.35. The van der Waals surface area contributed by atoms with Crippen LogP contribution in [0.3, 0.4) is 0 Å². The molecular weight excluding hydrogens is 324 g/mol. The predicted molar refractivity (Wildman–Crippen MR) is 93.3 cm³/mol. The van der Waals surface area contributed by atoms with E-state index < -0.39 is 0 Å². The third kappa shape index (κ3) is 5.50. The van der Waals surface area contributed by atoms with E-state index in [1.54, 1.807) is 6.08 Å². The van der Waals surface area contributed by atoms with Crippen LogP contribution in [0.1, 0.15) is 49.2 Å². The highest BCUT2D eigenvalue weighted by atomic mass is 79.9. The number of unbranched alkanes of at least 4 members (excludes halogenated alkanes) is 4. The number of aryl methyl sites for hydroxylation is 2. The molecule has 2 rings (SSSR count). The molecule has 0 aliphatic carbocycles. The van der Waals surface area contributed by atoms with Crippen LogP contribution in [-0.2, 0) is 12.8 Å². The van der Waals surface area contributed by atoms with Crippen molar-refractivity contribution in [3.05, 3.63) is 58.6 Å². The average Bonchev–Trinajstić information content (AvgIpc) is 2.96. The number of hydrogen-bond acceptors (Lipinski definition) is 1. The fourth-order valence-corrected chi connectivity index (χ4v) is 2.93. The standard InChI is InChI=1S/C18H23BrN2/c1-2-16-14-20-18(21-16)13-7-5-3-4-6-10-15-11-8-9-12-17(15)19/h2,8-9,11-12,14H,1,3-7,10,13H2,(H,20,21). The molecule has 0 bridgehead atoms. The van der Waals surface area contributed by atoms with Crippen molar-refractivity contribution in [2.24, 2.45) is 0 Å². The SMILES string of the molecule is C=Cc1cnc(CCCCCCCc2ccccc2Br)[nH]1. The summed E-state index contributed by atoms with van der Waals surface area (Å²) in [5.41, 5.74) is 2.43. The zero-order valence-corrected chi connectivity index (χ0v) is 14.0. The van der Waals surface area contributed by atoms with Gasteiger partial charge in [-0.15, -0.1) is 0 Å². The van der Waals surface area contributed by atoms with Crippen molar-refractivity contribution in [3.63, 3.8) is 0 Å². The number of aromatic nitrogens is 2. The number of benzene rings is 1. The van der Waals surface area contributed by atoms with Crippen LogP contribution >= 0.6 is 15.9 Å². The van der Waals surface area contributed by atoms with Crippen molar-refractivity contribution in [1.29, 1.82) is 0 Å². The molecule has 0 aliphatic rings. The molecule has 1 N–H and O–H groups in total. The molecule has 1 aromatic carbocycles. The van der Waals surface area contributed by atoms with E-state index in [2.05, 4.69) is 56.7 Å². The van der Waals surface area contributed by atoms with Crippen molar-refractivity contribution in [1.82, 2.24) is 9.97 Å². The second kappa shape index (κ2) is 8.83. The van der Waals surface area contributed by atoms with E-state index >= 15 is 0 Å². The van der Waals surface area contributed by atoms with Gasteiger partial charge in [0.05, 0.1) is 11.9 Å². The fourth-order valence-electron chi connectivity index (χ4n) is 2.45. The minimum atomic E-state index is 1.01. The quantitative estimate of drug-likeness (QED) is 0.592. The second-order valence-electron chi connectivity index (χ2n) is 5.35. The maximum Gasteiger partial charge on any atom is 0.106 e. The Bertz CT molecular complexity index is 560. The van der Waals surface area contributed by atoms with Crippen molar-refractivity contribution < 1.29 is 0 Å². The molecular formula is C18H23BrN2. The monoisotopic (exact) mass is 346 g/mol. The number of rotatable bonds is 9. The van der Waals surface area contributed by atoms with Gasteiger partial charge in [0.25, 0.3) is 0 Å². The van der Waals surface area contributed by atoms with Crippen LogP contribution in [0.2, 0.25) is 0 Å². The molecule has 21 heavy (non-hydrogen) atoms. The zero-order chi connectivity index (χ0) is 14.9. The van der Waals surface area contributed by atoms with E-state index in [1.807, 2.05) is 6.20 Å². The summed E-state index contributed by atoms with van der Waals surface area (Å²) in [6.07, 6.45) is 12.2. The molecule has 0 saturated carbocycles. The maximum atomic E-state index is 4.34. The van der Waals surface area contributed by atoms with E-state index in [0.29, 0.717) is 0 Å². The van der Waals surface area contributed by atoms with Crippen molar-refractivity contribution in [2.75, 3.05) is 0 Å². The molecule has 2 nitrogen and oxygen atoms in total. The second-order valence-corrected chi connectivity index (χ2v) is 6.20. The molecule has 3 heteroatoms. The Morgan fingerprint density at radius 3 is 2.48 bits per heavy atom. The molecule has 0 atom stereocenters. The van der Waals surface area contributed by atoms with Gasteiger partial charge in [0, 0.05) is 10.9 Å². The van der Waals surface area contributed by atoms with Crippen LogP contribution in [0.25, 0.3) is 6.08 Å². The smallest absolute Gasteiger partial charge is 0.106 e. The van der Waals surface area contributed by atoms with Gasteiger partial charge in [-0.25, -0.2) is 4.98 Å².